The van der Waals surface area contributed by atoms with Crippen LogP contribution in [0.25, 0.3) is 0 Å². The second-order valence-electron chi connectivity index (χ2n) is 8.24. The predicted molar refractivity (Wildman–Crippen MR) is 143 cm³/mol. The molecule has 1 heterocycles. The van der Waals surface area contributed by atoms with Crippen molar-refractivity contribution in [1.29, 1.82) is 0 Å². The van der Waals surface area contributed by atoms with Crippen LogP contribution in [0, 0.1) is 0 Å². The van der Waals surface area contributed by atoms with Gasteiger partial charge in [0.05, 0.1) is 12.4 Å². The fourth-order valence-electron chi connectivity index (χ4n) is 3.47. The van der Waals surface area contributed by atoms with E-state index < -0.39 is 36.1 Å². The minimum Gasteiger partial charge on any atom is -0.493 e. The van der Waals surface area contributed by atoms with Crippen molar-refractivity contribution in [3.63, 3.8) is 0 Å². The van der Waals surface area contributed by atoms with Crippen LogP contribution in [0.3, 0.4) is 0 Å². The van der Waals surface area contributed by atoms with Crippen LogP contribution >= 0.6 is 11.8 Å². The molecule has 0 aliphatic rings. The third-order valence-corrected chi connectivity index (χ3v) is 6.73. The van der Waals surface area contributed by atoms with Gasteiger partial charge in [-0.1, -0.05) is 48.5 Å². The lowest BCUT2D eigenvalue weighted by molar-refractivity contribution is -0.150. The topological polar surface area (TPSA) is 130 Å². The Morgan fingerprint density at radius 1 is 0.923 bits per heavy atom. The smallest absolute Gasteiger partial charge is 0.493 e. The van der Waals surface area contributed by atoms with Crippen molar-refractivity contribution in [1.82, 2.24) is 10.3 Å². The zero-order valence-electron chi connectivity index (χ0n) is 21.8. The van der Waals surface area contributed by atoms with Gasteiger partial charge in [-0.05, 0) is 31.5 Å². The molecule has 0 saturated heterocycles. The second kappa shape index (κ2) is 14.0. The van der Waals surface area contributed by atoms with Crippen molar-refractivity contribution in [2.45, 2.75) is 43.1 Å². The number of pyridine rings is 1. The van der Waals surface area contributed by atoms with Crippen LogP contribution in [0.1, 0.15) is 42.1 Å². The molecule has 3 atom stereocenters. The molecule has 0 radical (unpaired) electrons. The minimum absolute atomic E-state index is 0.0110. The molecule has 10 nitrogen and oxygen atoms in total. The number of hydrogen-bond donors (Lipinski definition) is 1. The lowest BCUT2D eigenvalue weighted by atomic mass is 10.1. The summed E-state index contributed by atoms with van der Waals surface area (Å²) in [6.45, 7) is 4.26. The van der Waals surface area contributed by atoms with Gasteiger partial charge in [-0.15, -0.1) is 11.8 Å². The lowest BCUT2D eigenvalue weighted by Gasteiger charge is -2.25. The molecule has 0 aliphatic carbocycles. The number of rotatable bonds is 10. The van der Waals surface area contributed by atoms with Crippen molar-refractivity contribution in [2.24, 2.45) is 0 Å². The predicted octanol–water partition coefficient (Wildman–Crippen LogP) is 4.74. The molecule has 0 saturated carbocycles. The summed E-state index contributed by atoms with van der Waals surface area (Å²) in [5.74, 6) is -2.80. The van der Waals surface area contributed by atoms with Gasteiger partial charge in [0.2, 0.25) is 5.75 Å². The number of nitrogens with one attached hydrogen (secondary N) is 1. The molecule has 3 aromatic rings. The van der Waals surface area contributed by atoms with Gasteiger partial charge in [0.25, 0.3) is 5.91 Å². The molecule has 1 amide bonds. The van der Waals surface area contributed by atoms with E-state index in [0.29, 0.717) is 0 Å². The largest absolute Gasteiger partial charge is 0.521 e. The van der Waals surface area contributed by atoms with Gasteiger partial charge in [0.15, 0.2) is 11.4 Å². The highest BCUT2D eigenvalue weighted by molar-refractivity contribution is 7.99. The van der Waals surface area contributed by atoms with Crippen LogP contribution in [0.5, 0.6) is 11.5 Å². The van der Waals surface area contributed by atoms with Crippen LogP contribution in [0.15, 0.2) is 77.8 Å². The number of ether oxygens (including phenoxy) is 4. The average molecular weight is 553 g/mol. The Balaban J connectivity index is 1.73. The van der Waals surface area contributed by atoms with Gasteiger partial charge in [-0.2, -0.15) is 0 Å². The molecule has 0 spiro atoms. The summed E-state index contributed by atoms with van der Waals surface area (Å²) in [5, 5.41) is 2.28. The van der Waals surface area contributed by atoms with Crippen LogP contribution in [-0.4, -0.2) is 48.2 Å². The Bertz CT molecular complexity index is 1300. The normalized spacial score (nSPS) is 12.8. The number of amides is 1. The van der Waals surface area contributed by atoms with E-state index in [1.54, 1.807) is 18.7 Å². The van der Waals surface area contributed by atoms with Gasteiger partial charge in [-0.3, -0.25) is 9.59 Å². The van der Waals surface area contributed by atoms with Crippen LogP contribution in [0.4, 0.5) is 4.79 Å². The number of hydrogen-bond acceptors (Lipinski definition) is 10. The van der Waals surface area contributed by atoms with E-state index in [1.807, 2.05) is 60.7 Å². The van der Waals surface area contributed by atoms with E-state index >= 15 is 0 Å². The summed E-state index contributed by atoms with van der Waals surface area (Å²) in [5.41, 5.74) is 0.618. The maximum atomic E-state index is 13.0. The molecule has 0 bridgehead atoms. The average Bonchev–Trinajstić information content (AvgIpc) is 2.92. The highest BCUT2D eigenvalue weighted by Gasteiger charge is 2.29. The summed E-state index contributed by atoms with van der Waals surface area (Å²) < 4.78 is 20.2. The number of methoxy groups -OCH3 is 1. The number of carbonyl (C=O) groups excluding carboxylic acids is 4. The monoisotopic (exact) mass is 552 g/mol. The number of carbonyl (C=O) groups is 4. The maximum Gasteiger partial charge on any atom is 0.521 e. The molecule has 0 aliphatic heterocycles. The number of benzene rings is 2. The van der Waals surface area contributed by atoms with Crippen LogP contribution in [0.2, 0.25) is 0 Å². The van der Waals surface area contributed by atoms with Gasteiger partial charge in [0.1, 0.15) is 12.1 Å². The van der Waals surface area contributed by atoms with Gasteiger partial charge >= 0.3 is 18.1 Å². The molecule has 0 fully saturated rings. The fraction of sp³-hybridized carbons (Fsp3) is 0.250. The molecule has 204 valence electrons. The molecule has 0 unspecified atom stereocenters. The second-order valence-corrected chi connectivity index (χ2v) is 9.45. The van der Waals surface area contributed by atoms with Crippen molar-refractivity contribution in [2.75, 3.05) is 7.11 Å². The zero-order valence-corrected chi connectivity index (χ0v) is 22.6. The Morgan fingerprint density at radius 3 is 2.18 bits per heavy atom. The molecular formula is C28H28N2O8S. The molecule has 1 N–H and O–H groups in total. The third-order valence-electron chi connectivity index (χ3n) is 5.28. The number of thioether (sulfide) groups is 1. The van der Waals surface area contributed by atoms with E-state index in [-0.39, 0.29) is 22.4 Å². The Morgan fingerprint density at radius 2 is 1.56 bits per heavy atom. The fourth-order valence-corrected chi connectivity index (χ4v) is 4.62. The first kappa shape index (κ1) is 29.2. The number of esters is 2. The van der Waals surface area contributed by atoms with Crippen LogP contribution < -0.4 is 14.8 Å². The lowest BCUT2D eigenvalue weighted by Crippen LogP contribution is -2.41. The standard InChI is InChI=1S/C28H28N2O8S/c1-17(30-26(32)23-24(22(35-4)15-16-29-23)38-28(34)37-19(3)31)27(33)36-18(2)25(20-11-7-5-8-12-20)39-21-13-9-6-10-14-21/h5-18,25H,1-4H3,(H,30,32)/t17-,18-,25-/m0/s1. The molecule has 1 aromatic heterocycles. The number of nitrogens with zero attached hydrogens (tertiary/aromatic N) is 1. The zero-order chi connectivity index (χ0) is 28.4. The molecular weight excluding hydrogens is 524 g/mol. The van der Waals surface area contributed by atoms with Crippen LogP contribution in [-0.2, 0) is 19.1 Å². The summed E-state index contributed by atoms with van der Waals surface area (Å²) in [6, 6.07) is 19.7. The molecule has 11 heteroatoms. The summed E-state index contributed by atoms with van der Waals surface area (Å²) >= 11 is 1.56. The van der Waals surface area contributed by atoms with Gasteiger partial charge < -0.3 is 24.3 Å². The van der Waals surface area contributed by atoms with Crippen molar-refractivity contribution < 1.29 is 38.1 Å². The van der Waals surface area contributed by atoms with Crippen molar-refractivity contribution >= 4 is 35.8 Å². The summed E-state index contributed by atoms with van der Waals surface area (Å²) in [6.07, 6.45) is -0.667. The highest BCUT2D eigenvalue weighted by atomic mass is 32.2. The van der Waals surface area contributed by atoms with E-state index in [1.165, 1.54) is 26.3 Å². The molecule has 3 rings (SSSR count). The Labute approximate surface area is 230 Å². The number of aromatic nitrogens is 1. The van der Waals surface area contributed by atoms with E-state index in [2.05, 4.69) is 15.0 Å². The Kier molecular flexibility index (Phi) is 10.4. The van der Waals surface area contributed by atoms with E-state index in [0.717, 1.165) is 17.4 Å². The van der Waals surface area contributed by atoms with E-state index in [4.69, 9.17) is 14.2 Å². The quantitative estimate of drug-likeness (QED) is 0.214. The highest BCUT2D eigenvalue weighted by Crippen LogP contribution is 2.39. The summed E-state index contributed by atoms with van der Waals surface area (Å²) in [4.78, 5) is 53.9. The molecule has 39 heavy (non-hydrogen) atoms. The molecule has 2 aromatic carbocycles. The van der Waals surface area contributed by atoms with Crippen molar-refractivity contribution in [3.8, 4) is 11.5 Å². The van der Waals surface area contributed by atoms with E-state index in [9.17, 15) is 19.2 Å². The first-order chi connectivity index (χ1) is 18.7. The van der Waals surface area contributed by atoms with Crippen molar-refractivity contribution in [3.05, 3.63) is 84.2 Å². The first-order valence-corrected chi connectivity index (χ1v) is 12.8. The minimum atomic E-state index is -1.37. The SMILES string of the molecule is COc1ccnc(C(=O)N[C@@H](C)C(=O)O[C@@H](C)[C@H](Sc2ccccc2)c2ccccc2)c1OC(=O)OC(C)=O. The first-order valence-electron chi connectivity index (χ1n) is 11.9. The van der Waals surface area contributed by atoms with Gasteiger partial charge in [0, 0.05) is 24.1 Å². The maximum absolute atomic E-state index is 13.0. The van der Waals surface area contributed by atoms with Gasteiger partial charge in [-0.25, -0.2) is 14.6 Å². The summed E-state index contributed by atoms with van der Waals surface area (Å²) in [7, 11) is 1.29. The third kappa shape index (κ3) is 8.30. The Hall–Kier alpha value is -4.38.